The van der Waals surface area contributed by atoms with Crippen molar-refractivity contribution in [2.45, 2.75) is 13.8 Å². The van der Waals surface area contributed by atoms with Gasteiger partial charge < -0.3 is 20.1 Å². The fraction of sp³-hybridized carbons (Fsp3) is 0.182. The van der Waals surface area contributed by atoms with Crippen LogP contribution in [0.15, 0.2) is 47.5 Å². The average molecular weight is 376 g/mol. The summed E-state index contributed by atoms with van der Waals surface area (Å²) < 4.78 is 10.5. The number of methoxy groups -OCH3 is 2. The third kappa shape index (κ3) is 2.65. The van der Waals surface area contributed by atoms with E-state index in [4.69, 9.17) is 9.47 Å². The summed E-state index contributed by atoms with van der Waals surface area (Å²) >= 11 is 0. The standard InChI is InChI=1S/C22H20N2O4/c1-11-9-13(27-3)5-7-15(11)19-17-18(22(26)23-19)20(24-21(17)25)16-8-6-14(28-4)10-12(16)2/h5-10H,1-4H3,(H,23,26)(H,24,25). The smallest absolute Gasteiger partial charge is 0.258 e. The van der Waals surface area contributed by atoms with E-state index in [2.05, 4.69) is 10.6 Å². The molecule has 0 fully saturated rings. The van der Waals surface area contributed by atoms with Gasteiger partial charge in [0.15, 0.2) is 0 Å². The molecule has 2 N–H and O–H groups in total. The second kappa shape index (κ2) is 6.56. The Kier molecular flexibility index (Phi) is 4.19. The van der Waals surface area contributed by atoms with Crippen LogP contribution in [-0.2, 0) is 9.59 Å². The molecule has 2 aromatic carbocycles. The molecule has 0 bridgehead atoms. The van der Waals surface area contributed by atoms with E-state index in [1.807, 2.05) is 50.2 Å². The predicted molar refractivity (Wildman–Crippen MR) is 106 cm³/mol. The predicted octanol–water partition coefficient (Wildman–Crippen LogP) is 2.70. The van der Waals surface area contributed by atoms with Crippen LogP contribution in [0.3, 0.4) is 0 Å². The van der Waals surface area contributed by atoms with Gasteiger partial charge in [-0.05, 0) is 61.4 Å². The summed E-state index contributed by atoms with van der Waals surface area (Å²) in [5, 5.41) is 5.76. The highest BCUT2D eigenvalue weighted by atomic mass is 16.5. The lowest BCUT2D eigenvalue weighted by Crippen LogP contribution is -2.22. The number of rotatable bonds is 4. The number of aryl methyl sites for hydroxylation is 2. The molecule has 2 heterocycles. The van der Waals surface area contributed by atoms with Crippen LogP contribution < -0.4 is 20.1 Å². The van der Waals surface area contributed by atoms with Crippen LogP contribution in [0.4, 0.5) is 0 Å². The van der Waals surface area contributed by atoms with Crippen molar-refractivity contribution in [1.29, 1.82) is 0 Å². The van der Waals surface area contributed by atoms with E-state index in [9.17, 15) is 9.59 Å². The number of hydrogen-bond donors (Lipinski definition) is 2. The molecule has 2 amide bonds. The number of fused-ring (bicyclic) bond motifs is 1. The van der Waals surface area contributed by atoms with E-state index in [1.165, 1.54) is 0 Å². The van der Waals surface area contributed by atoms with E-state index in [0.717, 1.165) is 33.8 Å². The maximum atomic E-state index is 12.8. The Morgan fingerprint density at radius 3 is 1.39 bits per heavy atom. The number of hydrogen-bond acceptors (Lipinski definition) is 4. The molecule has 0 aliphatic carbocycles. The quantitative estimate of drug-likeness (QED) is 0.860. The molecule has 0 aromatic heterocycles. The molecule has 0 atom stereocenters. The summed E-state index contributed by atoms with van der Waals surface area (Å²) in [7, 11) is 3.20. The molecule has 6 heteroatoms. The second-order valence-electron chi connectivity index (χ2n) is 6.77. The topological polar surface area (TPSA) is 76.7 Å². The molecule has 0 saturated carbocycles. The number of benzene rings is 2. The average Bonchev–Trinajstić information content (AvgIpc) is 3.20. The van der Waals surface area contributed by atoms with Gasteiger partial charge in [0.05, 0.1) is 36.8 Å². The Hall–Kier alpha value is -3.54. The Labute approximate surface area is 162 Å². The maximum Gasteiger partial charge on any atom is 0.258 e. The maximum absolute atomic E-state index is 12.8. The van der Waals surface area contributed by atoms with E-state index in [0.29, 0.717) is 22.5 Å². The fourth-order valence-corrected chi connectivity index (χ4v) is 3.67. The summed E-state index contributed by atoms with van der Waals surface area (Å²) in [4.78, 5) is 25.6. The first-order valence-corrected chi connectivity index (χ1v) is 8.86. The van der Waals surface area contributed by atoms with Gasteiger partial charge in [-0.2, -0.15) is 0 Å². The van der Waals surface area contributed by atoms with Crippen molar-refractivity contribution in [1.82, 2.24) is 10.6 Å². The Balaban J connectivity index is 1.88. The normalized spacial score (nSPS) is 15.6. The van der Waals surface area contributed by atoms with Gasteiger partial charge in [-0.25, -0.2) is 0 Å². The van der Waals surface area contributed by atoms with Crippen LogP contribution in [0.1, 0.15) is 22.3 Å². The third-order valence-corrected chi connectivity index (χ3v) is 5.09. The zero-order valence-electron chi connectivity index (χ0n) is 16.1. The molecule has 0 saturated heterocycles. The van der Waals surface area contributed by atoms with Crippen LogP contribution in [0, 0.1) is 13.8 Å². The molecule has 2 aliphatic rings. The zero-order chi connectivity index (χ0) is 20.0. The van der Waals surface area contributed by atoms with Gasteiger partial charge in [-0.15, -0.1) is 0 Å². The number of carbonyl (C=O) groups excluding carboxylic acids is 2. The first kappa shape index (κ1) is 17.9. The zero-order valence-corrected chi connectivity index (χ0v) is 16.1. The van der Waals surface area contributed by atoms with E-state index < -0.39 is 0 Å². The molecule has 0 unspecified atom stereocenters. The lowest BCUT2D eigenvalue weighted by Gasteiger charge is -2.12. The van der Waals surface area contributed by atoms with Crippen molar-refractivity contribution in [3.8, 4) is 11.5 Å². The van der Waals surface area contributed by atoms with Crippen LogP contribution >= 0.6 is 0 Å². The largest absolute Gasteiger partial charge is 0.497 e. The minimum absolute atomic E-state index is 0.288. The van der Waals surface area contributed by atoms with Gasteiger partial charge >= 0.3 is 0 Å². The third-order valence-electron chi connectivity index (χ3n) is 5.09. The van der Waals surface area contributed by atoms with Crippen molar-refractivity contribution in [2.24, 2.45) is 0 Å². The van der Waals surface area contributed by atoms with Gasteiger partial charge in [0, 0.05) is 11.1 Å². The van der Waals surface area contributed by atoms with Crippen molar-refractivity contribution in [3.05, 3.63) is 69.8 Å². The molecular formula is C22H20N2O4. The highest BCUT2D eigenvalue weighted by Gasteiger charge is 2.41. The first-order chi connectivity index (χ1) is 13.4. The minimum atomic E-state index is -0.288. The number of nitrogens with one attached hydrogen (secondary N) is 2. The van der Waals surface area contributed by atoms with Crippen LogP contribution in [0.2, 0.25) is 0 Å². The molecule has 142 valence electrons. The van der Waals surface area contributed by atoms with Gasteiger partial charge in [-0.1, -0.05) is 0 Å². The van der Waals surface area contributed by atoms with Gasteiger partial charge in [0.2, 0.25) is 0 Å². The molecule has 6 nitrogen and oxygen atoms in total. The number of amides is 2. The highest BCUT2D eigenvalue weighted by molar-refractivity contribution is 6.30. The summed E-state index contributed by atoms with van der Waals surface area (Å²) in [6, 6.07) is 11.1. The van der Waals surface area contributed by atoms with Crippen LogP contribution in [-0.4, -0.2) is 26.0 Å². The first-order valence-electron chi connectivity index (χ1n) is 8.86. The van der Waals surface area contributed by atoms with E-state index in [-0.39, 0.29) is 11.8 Å². The molecule has 2 aliphatic heterocycles. The van der Waals surface area contributed by atoms with Crippen molar-refractivity contribution < 1.29 is 19.1 Å². The van der Waals surface area contributed by atoms with E-state index in [1.54, 1.807) is 14.2 Å². The summed E-state index contributed by atoms with van der Waals surface area (Å²) in [5.74, 6) is 0.863. The number of ether oxygens (including phenoxy) is 2. The molecule has 28 heavy (non-hydrogen) atoms. The van der Waals surface area contributed by atoms with Crippen LogP contribution in [0.25, 0.3) is 11.4 Å². The van der Waals surface area contributed by atoms with Gasteiger partial charge in [-0.3, -0.25) is 9.59 Å². The van der Waals surface area contributed by atoms with Crippen molar-refractivity contribution in [2.75, 3.05) is 14.2 Å². The monoisotopic (exact) mass is 376 g/mol. The Bertz CT molecular complexity index is 1010. The van der Waals surface area contributed by atoms with Crippen molar-refractivity contribution in [3.63, 3.8) is 0 Å². The van der Waals surface area contributed by atoms with Crippen LogP contribution in [0.5, 0.6) is 11.5 Å². The van der Waals surface area contributed by atoms with Gasteiger partial charge in [0.25, 0.3) is 11.8 Å². The van der Waals surface area contributed by atoms with Crippen molar-refractivity contribution >= 4 is 23.2 Å². The lowest BCUT2D eigenvalue weighted by molar-refractivity contribution is -0.117. The highest BCUT2D eigenvalue weighted by Crippen LogP contribution is 2.39. The Morgan fingerprint density at radius 2 is 1.07 bits per heavy atom. The SMILES string of the molecule is COc1ccc(C2=C3C(=O)NC(c4ccc(OC)cc4C)=C3C(=O)N2)c(C)c1. The Morgan fingerprint density at radius 1 is 0.679 bits per heavy atom. The number of carbonyl (C=O) groups is 2. The molecule has 2 aromatic rings. The fourth-order valence-electron chi connectivity index (χ4n) is 3.67. The molecular weight excluding hydrogens is 356 g/mol. The summed E-state index contributed by atoms with van der Waals surface area (Å²) in [5.41, 5.74) is 5.21. The van der Waals surface area contributed by atoms with Gasteiger partial charge in [0.1, 0.15) is 11.5 Å². The molecule has 4 rings (SSSR count). The lowest BCUT2D eigenvalue weighted by atomic mass is 9.98. The molecule has 0 spiro atoms. The summed E-state index contributed by atoms with van der Waals surface area (Å²) in [6.45, 7) is 3.83. The minimum Gasteiger partial charge on any atom is -0.497 e. The van der Waals surface area contributed by atoms with E-state index >= 15 is 0 Å². The summed E-state index contributed by atoms with van der Waals surface area (Å²) in [6.07, 6.45) is 0. The second-order valence-corrected chi connectivity index (χ2v) is 6.77. The molecule has 0 radical (unpaired) electrons.